The van der Waals surface area contributed by atoms with Crippen LogP contribution >= 0.6 is 11.8 Å². The number of hydrogen-bond acceptors (Lipinski definition) is 5. The monoisotopic (exact) mass is 373 g/mol. The van der Waals surface area contributed by atoms with Gasteiger partial charge in [0.2, 0.25) is 0 Å². The van der Waals surface area contributed by atoms with Gasteiger partial charge < -0.3 is 9.47 Å². The van der Waals surface area contributed by atoms with Crippen LogP contribution in [-0.2, 0) is 11.3 Å². The molecule has 3 rings (SSSR count). The standard InChI is InChI=1S/C19H16FNO4S/c1-24-15-5-3-4-13(17(15)25-2)10-16-18(22)21(19(23)26-16)11-12-6-8-14(20)9-7-12/h3-10H,11H2,1-2H3/b16-10-. The summed E-state index contributed by atoms with van der Waals surface area (Å²) in [4.78, 5) is 26.3. The molecule has 26 heavy (non-hydrogen) atoms. The molecule has 1 aliphatic heterocycles. The Kier molecular flexibility index (Phi) is 5.27. The number of carbonyl (C=O) groups excluding carboxylic acids is 2. The smallest absolute Gasteiger partial charge is 0.293 e. The van der Waals surface area contributed by atoms with Gasteiger partial charge >= 0.3 is 0 Å². The average molecular weight is 373 g/mol. The zero-order valence-electron chi connectivity index (χ0n) is 14.2. The second-order valence-electron chi connectivity index (χ2n) is 5.48. The Balaban J connectivity index is 1.87. The van der Waals surface area contributed by atoms with Crippen molar-refractivity contribution in [1.29, 1.82) is 0 Å². The van der Waals surface area contributed by atoms with Crippen LogP contribution in [0.2, 0.25) is 0 Å². The van der Waals surface area contributed by atoms with Crippen LogP contribution in [0.15, 0.2) is 47.4 Å². The molecule has 0 radical (unpaired) electrons. The lowest BCUT2D eigenvalue weighted by Crippen LogP contribution is -2.27. The summed E-state index contributed by atoms with van der Waals surface area (Å²) in [5.74, 6) is 0.259. The predicted octanol–water partition coefficient (Wildman–Crippen LogP) is 4.08. The third-order valence-electron chi connectivity index (χ3n) is 3.85. The van der Waals surface area contributed by atoms with Crippen LogP contribution in [0.1, 0.15) is 11.1 Å². The van der Waals surface area contributed by atoms with E-state index in [2.05, 4.69) is 0 Å². The van der Waals surface area contributed by atoms with Crippen molar-refractivity contribution >= 4 is 29.0 Å². The molecule has 0 spiro atoms. The van der Waals surface area contributed by atoms with Gasteiger partial charge in [-0.15, -0.1) is 0 Å². The van der Waals surface area contributed by atoms with Crippen molar-refractivity contribution < 1.29 is 23.5 Å². The van der Waals surface area contributed by atoms with Gasteiger partial charge in [0.15, 0.2) is 11.5 Å². The Morgan fingerprint density at radius 3 is 2.46 bits per heavy atom. The minimum Gasteiger partial charge on any atom is -0.493 e. The van der Waals surface area contributed by atoms with Gasteiger partial charge in [-0.1, -0.05) is 24.3 Å². The van der Waals surface area contributed by atoms with Crippen molar-refractivity contribution in [3.8, 4) is 11.5 Å². The summed E-state index contributed by atoms with van der Waals surface area (Å²) in [5, 5.41) is -0.368. The molecule has 0 atom stereocenters. The van der Waals surface area contributed by atoms with E-state index in [4.69, 9.17) is 9.47 Å². The lowest BCUT2D eigenvalue weighted by Gasteiger charge is -2.12. The Hall–Kier alpha value is -2.80. The molecule has 1 heterocycles. The quantitative estimate of drug-likeness (QED) is 0.739. The molecule has 0 N–H and O–H groups in total. The summed E-state index contributed by atoms with van der Waals surface area (Å²) >= 11 is 0.860. The summed E-state index contributed by atoms with van der Waals surface area (Å²) < 4.78 is 23.6. The molecule has 0 bridgehead atoms. The van der Waals surface area contributed by atoms with Gasteiger partial charge in [-0.2, -0.15) is 0 Å². The second kappa shape index (κ2) is 7.61. The third kappa shape index (κ3) is 3.57. The number of amides is 2. The summed E-state index contributed by atoms with van der Waals surface area (Å²) in [5.41, 5.74) is 1.31. The third-order valence-corrected chi connectivity index (χ3v) is 4.75. The molecule has 2 aromatic rings. The van der Waals surface area contributed by atoms with Gasteiger partial charge in [-0.05, 0) is 41.6 Å². The van der Waals surface area contributed by atoms with Crippen molar-refractivity contribution in [3.05, 3.63) is 64.3 Å². The fourth-order valence-electron chi connectivity index (χ4n) is 2.58. The van der Waals surface area contributed by atoms with Gasteiger partial charge in [0.1, 0.15) is 5.82 Å². The first-order valence-corrected chi connectivity index (χ1v) is 8.56. The zero-order chi connectivity index (χ0) is 18.7. The van der Waals surface area contributed by atoms with E-state index in [1.54, 1.807) is 36.4 Å². The first-order chi connectivity index (χ1) is 12.5. The Bertz CT molecular complexity index is 880. The number of halogens is 1. The average Bonchev–Trinajstić information content (AvgIpc) is 2.90. The Labute approximate surface area is 154 Å². The van der Waals surface area contributed by atoms with E-state index in [1.165, 1.54) is 26.4 Å². The second-order valence-corrected chi connectivity index (χ2v) is 6.47. The van der Waals surface area contributed by atoms with Crippen molar-refractivity contribution in [1.82, 2.24) is 4.90 Å². The normalized spacial score (nSPS) is 15.7. The number of para-hydroxylation sites is 1. The SMILES string of the molecule is COc1cccc(/C=C2\SC(=O)N(Cc3ccc(F)cc3)C2=O)c1OC. The van der Waals surface area contributed by atoms with Gasteiger partial charge in [0, 0.05) is 5.56 Å². The summed E-state index contributed by atoms with van der Waals surface area (Å²) in [6.45, 7) is 0.0948. The van der Waals surface area contributed by atoms with Gasteiger partial charge in [0.05, 0.1) is 25.7 Å². The van der Waals surface area contributed by atoms with Crippen molar-refractivity contribution in [2.45, 2.75) is 6.54 Å². The van der Waals surface area contributed by atoms with E-state index in [9.17, 15) is 14.0 Å². The lowest BCUT2D eigenvalue weighted by molar-refractivity contribution is -0.123. The van der Waals surface area contributed by atoms with E-state index in [1.807, 2.05) is 0 Å². The van der Waals surface area contributed by atoms with Gasteiger partial charge in [-0.3, -0.25) is 14.5 Å². The Morgan fingerprint density at radius 2 is 1.81 bits per heavy atom. The number of carbonyl (C=O) groups is 2. The minimum absolute atomic E-state index is 0.0948. The minimum atomic E-state index is -0.394. The number of nitrogens with zero attached hydrogens (tertiary/aromatic N) is 1. The maximum absolute atomic E-state index is 13.0. The summed E-state index contributed by atoms with van der Waals surface area (Å²) in [6, 6.07) is 11.0. The van der Waals surface area contributed by atoms with Crippen LogP contribution in [0.4, 0.5) is 9.18 Å². The fourth-order valence-corrected chi connectivity index (χ4v) is 3.40. The summed E-state index contributed by atoms with van der Waals surface area (Å²) in [7, 11) is 3.04. The molecule has 1 aliphatic rings. The predicted molar refractivity (Wildman–Crippen MR) is 97.5 cm³/mol. The topological polar surface area (TPSA) is 55.8 Å². The Morgan fingerprint density at radius 1 is 1.08 bits per heavy atom. The number of benzene rings is 2. The van der Waals surface area contributed by atoms with E-state index < -0.39 is 5.91 Å². The van der Waals surface area contributed by atoms with E-state index in [0.29, 0.717) is 27.5 Å². The molecule has 2 aromatic carbocycles. The van der Waals surface area contributed by atoms with E-state index >= 15 is 0 Å². The highest BCUT2D eigenvalue weighted by atomic mass is 32.2. The van der Waals surface area contributed by atoms with Crippen molar-refractivity contribution in [2.75, 3.05) is 14.2 Å². The van der Waals surface area contributed by atoms with Gasteiger partial charge in [0.25, 0.3) is 11.1 Å². The first-order valence-electron chi connectivity index (χ1n) is 7.74. The number of ether oxygens (including phenoxy) is 2. The number of rotatable bonds is 5. The molecule has 1 saturated heterocycles. The first kappa shape index (κ1) is 18.0. The number of hydrogen-bond donors (Lipinski definition) is 0. The van der Waals surface area contributed by atoms with E-state index in [0.717, 1.165) is 16.7 Å². The summed E-state index contributed by atoms with van der Waals surface area (Å²) in [6.07, 6.45) is 1.61. The molecule has 2 amide bonds. The molecule has 0 aliphatic carbocycles. The molecular formula is C19H16FNO4S. The highest BCUT2D eigenvalue weighted by Gasteiger charge is 2.35. The van der Waals surface area contributed by atoms with Crippen LogP contribution in [0.25, 0.3) is 6.08 Å². The number of imide groups is 1. The molecule has 0 aromatic heterocycles. The van der Waals surface area contributed by atoms with Crippen molar-refractivity contribution in [2.24, 2.45) is 0 Å². The number of thioether (sulfide) groups is 1. The fraction of sp³-hybridized carbons (Fsp3) is 0.158. The van der Waals surface area contributed by atoms with Crippen LogP contribution < -0.4 is 9.47 Å². The molecule has 5 nitrogen and oxygen atoms in total. The molecule has 1 fully saturated rings. The zero-order valence-corrected chi connectivity index (χ0v) is 15.0. The molecule has 0 unspecified atom stereocenters. The van der Waals surface area contributed by atoms with E-state index in [-0.39, 0.29) is 17.6 Å². The largest absolute Gasteiger partial charge is 0.493 e. The maximum atomic E-state index is 13.0. The maximum Gasteiger partial charge on any atom is 0.293 e. The molecule has 7 heteroatoms. The highest BCUT2D eigenvalue weighted by Crippen LogP contribution is 2.37. The molecular weight excluding hydrogens is 357 g/mol. The van der Waals surface area contributed by atoms with Gasteiger partial charge in [-0.25, -0.2) is 4.39 Å². The van der Waals surface area contributed by atoms with Crippen LogP contribution in [0.5, 0.6) is 11.5 Å². The highest BCUT2D eigenvalue weighted by molar-refractivity contribution is 8.18. The van der Waals surface area contributed by atoms with Crippen molar-refractivity contribution in [3.63, 3.8) is 0 Å². The van der Waals surface area contributed by atoms with Crippen LogP contribution in [-0.4, -0.2) is 30.3 Å². The van der Waals surface area contributed by atoms with Crippen LogP contribution in [0, 0.1) is 5.82 Å². The van der Waals surface area contributed by atoms with Crippen LogP contribution in [0.3, 0.4) is 0 Å². The molecule has 134 valence electrons. The lowest BCUT2D eigenvalue weighted by atomic mass is 10.1. The number of methoxy groups -OCH3 is 2. The molecule has 0 saturated carbocycles.